The fourth-order valence-electron chi connectivity index (χ4n) is 4.85. The predicted octanol–water partition coefficient (Wildman–Crippen LogP) is 2.66. The number of hydrogen-bond donors (Lipinski definition) is 1. The van der Waals surface area contributed by atoms with Crippen molar-refractivity contribution in [2.45, 2.75) is 64.5 Å². The Labute approximate surface area is 124 Å². The van der Waals surface area contributed by atoms with Gasteiger partial charge in [-0.25, -0.2) is 0 Å². The first-order chi connectivity index (χ1) is 9.78. The molecule has 1 saturated heterocycles. The summed E-state index contributed by atoms with van der Waals surface area (Å²) in [6.45, 7) is 10.4. The molecule has 0 aromatic heterocycles. The van der Waals surface area contributed by atoms with Gasteiger partial charge in [0.25, 0.3) is 0 Å². The summed E-state index contributed by atoms with van der Waals surface area (Å²) in [5, 5.41) is 3.92. The highest BCUT2D eigenvalue weighted by atomic mass is 16.5. The van der Waals surface area contributed by atoms with Gasteiger partial charge in [0.15, 0.2) is 0 Å². The van der Waals surface area contributed by atoms with Crippen molar-refractivity contribution < 1.29 is 4.74 Å². The van der Waals surface area contributed by atoms with Gasteiger partial charge in [-0.3, -0.25) is 0 Å². The molecule has 0 aromatic rings. The number of nitrogens with one attached hydrogen (secondary N) is 1. The summed E-state index contributed by atoms with van der Waals surface area (Å²) < 4.78 is 6.00. The smallest absolute Gasteiger partial charge is 0.0661 e. The van der Waals surface area contributed by atoms with Crippen molar-refractivity contribution >= 4 is 0 Å². The van der Waals surface area contributed by atoms with Crippen molar-refractivity contribution in [2.24, 2.45) is 11.3 Å². The molecular formula is C17H32N2O. The van der Waals surface area contributed by atoms with Crippen LogP contribution in [0.5, 0.6) is 0 Å². The van der Waals surface area contributed by atoms with Gasteiger partial charge in [-0.05, 0) is 58.2 Å². The summed E-state index contributed by atoms with van der Waals surface area (Å²) in [5.41, 5.74) is 0.499. The molecule has 3 aliphatic rings. The Kier molecular flexibility index (Phi) is 4.68. The van der Waals surface area contributed by atoms with Crippen LogP contribution in [0, 0.1) is 11.3 Å². The highest BCUT2D eigenvalue weighted by Gasteiger charge is 2.56. The number of rotatable bonds is 6. The Hall–Kier alpha value is -0.120. The molecule has 1 aliphatic heterocycles. The third-order valence-corrected chi connectivity index (χ3v) is 6.16. The zero-order valence-corrected chi connectivity index (χ0v) is 13.4. The van der Waals surface area contributed by atoms with Gasteiger partial charge in [0.05, 0.1) is 6.10 Å². The summed E-state index contributed by atoms with van der Waals surface area (Å²) in [6, 6.07) is 0.734. The number of nitrogens with zero attached hydrogens (tertiary/aromatic N) is 1. The maximum atomic E-state index is 6.00. The molecule has 0 radical (unpaired) electrons. The molecule has 3 unspecified atom stereocenters. The molecular weight excluding hydrogens is 248 g/mol. The Morgan fingerprint density at radius 2 is 2.05 bits per heavy atom. The summed E-state index contributed by atoms with van der Waals surface area (Å²) in [7, 11) is 0. The van der Waals surface area contributed by atoms with Crippen molar-refractivity contribution in [3.63, 3.8) is 0 Å². The molecule has 1 heterocycles. The van der Waals surface area contributed by atoms with Crippen LogP contribution in [0.25, 0.3) is 0 Å². The van der Waals surface area contributed by atoms with Gasteiger partial charge >= 0.3 is 0 Å². The van der Waals surface area contributed by atoms with Gasteiger partial charge in [-0.2, -0.15) is 0 Å². The molecule has 3 nitrogen and oxygen atoms in total. The van der Waals surface area contributed by atoms with Crippen LogP contribution >= 0.6 is 0 Å². The molecule has 3 heteroatoms. The molecule has 2 aliphatic carbocycles. The molecule has 2 saturated carbocycles. The molecule has 0 bridgehead atoms. The lowest BCUT2D eigenvalue weighted by atomic mass is 9.60. The largest absolute Gasteiger partial charge is 0.378 e. The maximum Gasteiger partial charge on any atom is 0.0661 e. The first-order valence-corrected chi connectivity index (χ1v) is 8.86. The summed E-state index contributed by atoms with van der Waals surface area (Å²) in [5.74, 6) is 0.875. The standard InChI is InChI=1S/C17H32N2O/c1-3-19-10-7-14(13-19)12-18-15-11-16(20-4-2)17(15)8-5-6-9-17/h14-16,18H,3-13H2,1-2H3. The monoisotopic (exact) mass is 280 g/mol. The van der Waals surface area contributed by atoms with Gasteiger partial charge in [0.1, 0.15) is 0 Å². The zero-order valence-electron chi connectivity index (χ0n) is 13.4. The fraction of sp³-hybridized carbons (Fsp3) is 1.00. The molecule has 1 spiro atoms. The van der Waals surface area contributed by atoms with Gasteiger partial charge in [0.2, 0.25) is 0 Å². The van der Waals surface area contributed by atoms with E-state index in [-0.39, 0.29) is 0 Å². The van der Waals surface area contributed by atoms with E-state index in [0.717, 1.165) is 18.6 Å². The van der Waals surface area contributed by atoms with E-state index in [1.807, 2.05) is 0 Å². The second-order valence-corrected chi connectivity index (χ2v) is 7.13. The van der Waals surface area contributed by atoms with E-state index < -0.39 is 0 Å². The lowest BCUT2D eigenvalue weighted by molar-refractivity contribution is -0.130. The van der Waals surface area contributed by atoms with Crippen LogP contribution in [0.3, 0.4) is 0 Å². The summed E-state index contributed by atoms with van der Waals surface area (Å²) in [6.07, 6.45) is 8.78. The van der Waals surface area contributed by atoms with Gasteiger partial charge in [0, 0.05) is 24.6 Å². The molecule has 20 heavy (non-hydrogen) atoms. The van der Waals surface area contributed by atoms with Gasteiger partial charge in [-0.15, -0.1) is 0 Å². The first-order valence-electron chi connectivity index (χ1n) is 8.86. The molecule has 3 atom stereocenters. The van der Waals surface area contributed by atoms with Crippen LogP contribution < -0.4 is 5.32 Å². The van der Waals surface area contributed by atoms with Crippen LogP contribution in [0.15, 0.2) is 0 Å². The van der Waals surface area contributed by atoms with Crippen LogP contribution in [0.4, 0.5) is 0 Å². The Morgan fingerprint density at radius 3 is 2.70 bits per heavy atom. The van der Waals surface area contributed by atoms with Crippen molar-refractivity contribution in [3.05, 3.63) is 0 Å². The molecule has 1 N–H and O–H groups in total. The second-order valence-electron chi connectivity index (χ2n) is 7.13. The first kappa shape index (κ1) is 14.8. The quantitative estimate of drug-likeness (QED) is 0.809. The van der Waals surface area contributed by atoms with Crippen LogP contribution in [-0.4, -0.2) is 49.8 Å². The SMILES string of the molecule is CCOC1CC(NCC2CCN(CC)C2)C12CCCC2. The minimum atomic E-state index is 0.499. The number of ether oxygens (including phenoxy) is 1. The zero-order chi connectivity index (χ0) is 14.0. The van der Waals surface area contributed by atoms with Gasteiger partial charge < -0.3 is 15.0 Å². The van der Waals surface area contributed by atoms with E-state index in [1.54, 1.807) is 0 Å². The molecule has 0 aromatic carbocycles. The van der Waals surface area contributed by atoms with Crippen molar-refractivity contribution in [1.82, 2.24) is 10.2 Å². The maximum absolute atomic E-state index is 6.00. The highest BCUT2D eigenvalue weighted by molar-refractivity contribution is 5.10. The third kappa shape index (κ3) is 2.65. The third-order valence-electron chi connectivity index (χ3n) is 6.16. The topological polar surface area (TPSA) is 24.5 Å². The fourth-order valence-corrected chi connectivity index (χ4v) is 4.85. The predicted molar refractivity (Wildman–Crippen MR) is 82.9 cm³/mol. The Balaban J connectivity index is 1.48. The molecule has 0 amide bonds. The van der Waals surface area contributed by atoms with Crippen molar-refractivity contribution in [2.75, 3.05) is 32.8 Å². The van der Waals surface area contributed by atoms with Crippen LogP contribution in [-0.2, 0) is 4.74 Å². The second kappa shape index (κ2) is 6.33. The normalized spacial score (nSPS) is 36.6. The van der Waals surface area contributed by atoms with E-state index in [9.17, 15) is 0 Å². The van der Waals surface area contributed by atoms with E-state index in [2.05, 4.69) is 24.1 Å². The Bertz CT molecular complexity index is 314. The van der Waals surface area contributed by atoms with E-state index >= 15 is 0 Å². The Morgan fingerprint density at radius 1 is 1.25 bits per heavy atom. The van der Waals surface area contributed by atoms with E-state index in [0.29, 0.717) is 11.5 Å². The van der Waals surface area contributed by atoms with Crippen molar-refractivity contribution in [1.29, 1.82) is 0 Å². The summed E-state index contributed by atoms with van der Waals surface area (Å²) >= 11 is 0. The van der Waals surface area contributed by atoms with Crippen molar-refractivity contribution in [3.8, 4) is 0 Å². The molecule has 116 valence electrons. The average molecular weight is 280 g/mol. The number of hydrogen-bond acceptors (Lipinski definition) is 3. The number of likely N-dealkylation sites (tertiary alicyclic amines) is 1. The van der Waals surface area contributed by atoms with Crippen LogP contribution in [0.2, 0.25) is 0 Å². The highest BCUT2D eigenvalue weighted by Crippen LogP contribution is 2.54. The van der Waals surface area contributed by atoms with E-state index in [4.69, 9.17) is 4.74 Å². The van der Waals surface area contributed by atoms with Crippen LogP contribution in [0.1, 0.15) is 52.4 Å². The molecule has 3 rings (SSSR count). The average Bonchev–Trinajstić information content (AvgIpc) is 3.11. The lowest BCUT2D eigenvalue weighted by Gasteiger charge is -2.54. The minimum absolute atomic E-state index is 0.499. The van der Waals surface area contributed by atoms with E-state index in [1.165, 1.54) is 64.7 Å². The molecule has 3 fully saturated rings. The lowest BCUT2D eigenvalue weighted by Crippen LogP contribution is -2.63. The van der Waals surface area contributed by atoms with Gasteiger partial charge in [-0.1, -0.05) is 19.8 Å². The minimum Gasteiger partial charge on any atom is -0.378 e. The summed E-state index contributed by atoms with van der Waals surface area (Å²) in [4.78, 5) is 2.58.